The number of aromatic nitrogens is 2. The van der Waals surface area contributed by atoms with E-state index in [1.54, 1.807) is 11.3 Å². The number of rotatable bonds is 5. The van der Waals surface area contributed by atoms with Crippen molar-refractivity contribution in [2.75, 3.05) is 11.9 Å². The Bertz CT molecular complexity index is 566. The van der Waals surface area contributed by atoms with E-state index >= 15 is 0 Å². The molecule has 2 aromatic heterocycles. The van der Waals surface area contributed by atoms with E-state index < -0.39 is 0 Å². The molecule has 2 heterocycles. The second-order valence-electron chi connectivity index (χ2n) is 4.16. The topological polar surface area (TPSA) is 37.8 Å². The molecule has 5 heteroatoms. The van der Waals surface area contributed by atoms with Gasteiger partial charge in [0.15, 0.2) is 5.82 Å². The Labute approximate surface area is 126 Å². The normalized spacial score (nSPS) is 10.7. The van der Waals surface area contributed by atoms with Crippen LogP contribution in [0, 0.1) is 0 Å². The highest BCUT2D eigenvalue weighted by atomic mass is 79.9. The minimum Gasteiger partial charge on any atom is -0.369 e. The van der Waals surface area contributed by atoms with Gasteiger partial charge in [-0.25, -0.2) is 9.97 Å². The molecular formula is C14H18BrN3S. The molecule has 0 aliphatic carbocycles. The van der Waals surface area contributed by atoms with Gasteiger partial charge in [-0.3, -0.25) is 0 Å². The molecule has 0 saturated heterocycles. The van der Waals surface area contributed by atoms with Gasteiger partial charge in [0.1, 0.15) is 5.82 Å². The average Bonchev–Trinajstić information content (AvgIpc) is 2.90. The fourth-order valence-electron chi connectivity index (χ4n) is 1.81. The quantitative estimate of drug-likeness (QED) is 0.869. The minimum atomic E-state index is 0.820. The van der Waals surface area contributed by atoms with E-state index in [0.717, 1.165) is 46.1 Å². The summed E-state index contributed by atoms with van der Waals surface area (Å²) >= 11 is 5.35. The summed E-state index contributed by atoms with van der Waals surface area (Å²) in [6.07, 6.45) is 1.95. The van der Waals surface area contributed by atoms with Gasteiger partial charge in [0.05, 0.1) is 15.0 Å². The lowest BCUT2D eigenvalue weighted by atomic mass is 10.3. The van der Waals surface area contributed by atoms with Crippen molar-refractivity contribution < 1.29 is 0 Å². The summed E-state index contributed by atoms with van der Waals surface area (Å²) in [6, 6.07) is 4.27. The first kappa shape index (κ1) is 14.5. The Morgan fingerprint density at radius 1 is 1.16 bits per heavy atom. The molecule has 0 amide bonds. The largest absolute Gasteiger partial charge is 0.369 e. The Hall–Kier alpha value is -0.940. The van der Waals surface area contributed by atoms with Crippen molar-refractivity contribution >= 4 is 33.1 Å². The van der Waals surface area contributed by atoms with E-state index in [4.69, 9.17) is 0 Å². The first-order valence-corrected chi connectivity index (χ1v) is 8.19. The summed E-state index contributed by atoms with van der Waals surface area (Å²) in [4.78, 5) is 11.8. The molecule has 2 aromatic rings. The summed E-state index contributed by atoms with van der Waals surface area (Å²) in [6.45, 7) is 7.20. The van der Waals surface area contributed by atoms with E-state index in [1.165, 1.54) is 4.88 Å². The van der Waals surface area contributed by atoms with Crippen molar-refractivity contribution in [1.29, 1.82) is 0 Å². The van der Waals surface area contributed by atoms with Crippen molar-refractivity contribution in [1.82, 2.24) is 9.97 Å². The van der Waals surface area contributed by atoms with Crippen LogP contribution in [-0.4, -0.2) is 16.5 Å². The number of nitrogens with one attached hydrogen (secondary N) is 1. The van der Waals surface area contributed by atoms with Gasteiger partial charge < -0.3 is 5.32 Å². The van der Waals surface area contributed by atoms with Gasteiger partial charge >= 0.3 is 0 Å². The third-order valence-electron chi connectivity index (χ3n) is 2.83. The van der Waals surface area contributed by atoms with Crippen LogP contribution in [0.3, 0.4) is 0 Å². The number of anilines is 1. The van der Waals surface area contributed by atoms with Crippen LogP contribution in [0.15, 0.2) is 16.6 Å². The molecule has 3 nitrogen and oxygen atoms in total. The van der Waals surface area contributed by atoms with Gasteiger partial charge in [-0.05, 0) is 47.8 Å². The second kappa shape index (κ2) is 6.48. The standard InChI is InChI=1S/C14H18BrN3S/c1-4-9-7-8-11(19-9)13-17-10(5-2)12(15)14(18-13)16-6-3/h7-8H,4-6H2,1-3H3,(H,16,17,18). The zero-order valence-electron chi connectivity index (χ0n) is 11.5. The lowest BCUT2D eigenvalue weighted by Crippen LogP contribution is -2.05. The molecule has 0 fully saturated rings. The minimum absolute atomic E-state index is 0.820. The molecule has 1 N–H and O–H groups in total. The molecule has 0 aromatic carbocycles. The molecule has 2 rings (SSSR count). The van der Waals surface area contributed by atoms with Crippen LogP contribution >= 0.6 is 27.3 Å². The summed E-state index contributed by atoms with van der Waals surface area (Å²) < 4.78 is 0.980. The molecule has 19 heavy (non-hydrogen) atoms. The predicted octanol–water partition coefficient (Wildman–Crippen LogP) is 4.52. The molecule has 0 aliphatic rings. The second-order valence-corrected chi connectivity index (χ2v) is 6.12. The van der Waals surface area contributed by atoms with E-state index in [1.807, 2.05) is 0 Å². The van der Waals surface area contributed by atoms with Crippen LogP contribution in [0.1, 0.15) is 31.3 Å². The number of aryl methyl sites for hydroxylation is 2. The Morgan fingerprint density at radius 2 is 1.95 bits per heavy atom. The van der Waals surface area contributed by atoms with Gasteiger partial charge in [0, 0.05) is 11.4 Å². The fraction of sp³-hybridized carbons (Fsp3) is 0.429. The summed E-state index contributed by atoms with van der Waals surface area (Å²) in [5, 5.41) is 3.29. The molecule has 0 saturated carbocycles. The maximum absolute atomic E-state index is 4.66. The van der Waals surface area contributed by atoms with E-state index in [9.17, 15) is 0 Å². The number of hydrogen-bond acceptors (Lipinski definition) is 4. The maximum atomic E-state index is 4.66. The Balaban J connectivity index is 2.47. The van der Waals surface area contributed by atoms with E-state index in [2.05, 4.69) is 64.1 Å². The summed E-state index contributed by atoms with van der Waals surface area (Å²) in [7, 11) is 0. The van der Waals surface area contributed by atoms with Gasteiger partial charge in [-0.15, -0.1) is 11.3 Å². The van der Waals surface area contributed by atoms with E-state index in [0.29, 0.717) is 0 Å². The zero-order chi connectivity index (χ0) is 13.8. The summed E-state index contributed by atoms with van der Waals surface area (Å²) in [5.41, 5.74) is 1.05. The molecule has 0 spiro atoms. The fourth-order valence-corrected chi connectivity index (χ4v) is 3.29. The van der Waals surface area contributed by atoms with Crippen LogP contribution < -0.4 is 5.32 Å². The third-order valence-corrected chi connectivity index (χ3v) is 4.89. The smallest absolute Gasteiger partial charge is 0.171 e. The molecule has 0 aliphatic heterocycles. The van der Waals surface area contributed by atoms with E-state index in [-0.39, 0.29) is 0 Å². The van der Waals surface area contributed by atoms with Gasteiger partial charge in [-0.1, -0.05) is 13.8 Å². The highest BCUT2D eigenvalue weighted by Crippen LogP contribution is 2.31. The number of halogens is 1. The molecule has 0 unspecified atom stereocenters. The molecular weight excluding hydrogens is 322 g/mol. The van der Waals surface area contributed by atoms with Crippen LogP contribution in [0.2, 0.25) is 0 Å². The Morgan fingerprint density at radius 3 is 2.53 bits per heavy atom. The Kier molecular flexibility index (Phi) is 4.93. The SMILES string of the molecule is CCNc1nc(-c2ccc(CC)s2)nc(CC)c1Br. The highest BCUT2D eigenvalue weighted by molar-refractivity contribution is 9.10. The van der Waals surface area contributed by atoms with Crippen LogP contribution in [0.4, 0.5) is 5.82 Å². The number of nitrogens with zero attached hydrogens (tertiary/aromatic N) is 2. The van der Waals surface area contributed by atoms with Crippen LogP contribution in [-0.2, 0) is 12.8 Å². The lowest BCUT2D eigenvalue weighted by Gasteiger charge is -2.10. The van der Waals surface area contributed by atoms with Crippen molar-refractivity contribution in [3.8, 4) is 10.7 Å². The van der Waals surface area contributed by atoms with Crippen molar-refractivity contribution in [3.05, 3.63) is 27.2 Å². The first-order chi connectivity index (χ1) is 9.19. The molecule has 0 atom stereocenters. The maximum Gasteiger partial charge on any atom is 0.171 e. The molecule has 102 valence electrons. The van der Waals surface area contributed by atoms with Gasteiger partial charge in [-0.2, -0.15) is 0 Å². The van der Waals surface area contributed by atoms with Crippen LogP contribution in [0.5, 0.6) is 0 Å². The van der Waals surface area contributed by atoms with Crippen molar-refractivity contribution in [2.24, 2.45) is 0 Å². The van der Waals surface area contributed by atoms with Crippen LogP contribution in [0.25, 0.3) is 10.7 Å². The van der Waals surface area contributed by atoms with Gasteiger partial charge in [0.25, 0.3) is 0 Å². The van der Waals surface area contributed by atoms with Crippen molar-refractivity contribution in [2.45, 2.75) is 33.6 Å². The van der Waals surface area contributed by atoms with Crippen molar-refractivity contribution in [3.63, 3.8) is 0 Å². The lowest BCUT2D eigenvalue weighted by molar-refractivity contribution is 0.986. The monoisotopic (exact) mass is 339 g/mol. The molecule has 0 radical (unpaired) electrons. The number of thiophene rings is 1. The average molecular weight is 340 g/mol. The predicted molar refractivity (Wildman–Crippen MR) is 86.0 cm³/mol. The first-order valence-electron chi connectivity index (χ1n) is 6.58. The zero-order valence-corrected chi connectivity index (χ0v) is 13.9. The summed E-state index contributed by atoms with van der Waals surface area (Å²) in [5.74, 6) is 1.71. The van der Waals surface area contributed by atoms with Gasteiger partial charge in [0.2, 0.25) is 0 Å². The highest BCUT2D eigenvalue weighted by Gasteiger charge is 2.13. The third kappa shape index (κ3) is 3.15. The molecule has 0 bridgehead atoms. The number of hydrogen-bond donors (Lipinski definition) is 1.